The maximum Gasteiger partial charge on any atom is 0.317 e. The summed E-state index contributed by atoms with van der Waals surface area (Å²) < 4.78 is 7.41. The highest BCUT2D eigenvalue weighted by molar-refractivity contribution is 6.03. The number of hydrogen-bond donors (Lipinski definition) is 0. The monoisotopic (exact) mass is 295 g/mol. The Hall–Kier alpha value is -2.82. The van der Waals surface area contributed by atoms with Gasteiger partial charge in [0.05, 0.1) is 5.56 Å². The van der Waals surface area contributed by atoms with E-state index in [0.717, 1.165) is 5.69 Å². The molecule has 110 valence electrons. The molecule has 0 amide bonds. The molecular weight excluding hydrogens is 280 g/mol. The van der Waals surface area contributed by atoms with Gasteiger partial charge in [0.15, 0.2) is 23.0 Å². The summed E-state index contributed by atoms with van der Waals surface area (Å²) in [6.45, 7) is 3.13. The van der Waals surface area contributed by atoms with E-state index in [4.69, 9.17) is 4.74 Å². The molecule has 0 saturated heterocycles. The Morgan fingerprint density at radius 3 is 2.45 bits per heavy atom. The lowest BCUT2D eigenvalue weighted by atomic mass is 10.0. The maximum absolute atomic E-state index is 11.8. The normalized spacial score (nSPS) is 12.9. The van der Waals surface area contributed by atoms with Crippen LogP contribution < -0.4 is 4.74 Å². The second-order valence-corrected chi connectivity index (χ2v) is 5.09. The van der Waals surface area contributed by atoms with Gasteiger partial charge in [-0.15, -0.1) is 0 Å². The zero-order chi connectivity index (χ0) is 15.7. The lowest BCUT2D eigenvalue weighted by Crippen LogP contribution is -2.17. The van der Waals surface area contributed by atoms with Gasteiger partial charge in [0.2, 0.25) is 5.69 Å². The van der Waals surface area contributed by atoms with Gasteiger partial charge in [-0.25, -0.2) is 0 Å². The predicted molar refractivity (Wildman–Crippen MR) is 80.4 cm³/mol. The Bertz CT molecular complexity index is 795. The smallest absolute Gasteiger partial charge is 0.317 e. The van der Waals surface area contributed by atoms with Crippen molar-refractivity contribution >= 4 is 22.9 Å². The fourth-order valence-corrected chi connectivity index (χ4v) is 2.32. The molecule has 0 radical (unpaired) electrons. The van der Waals surface area contributed by atoms with E-state index in [1.165, 1.54) is 13.8 Å². The van der Waals surface area contributed by atoms with Crippen LogP contribution in [0.25, 0.3) is 0 Å². The van der Waals surface area contributed by atoms with E-state index in [2.05, 4.69) is 5.11 Å². The Morgan fingerprint density at radius 1 is 1.09 bits per heavy atom. The lowest BCUT2D eigenvalue weighted by Gasteiger charge is -2.15. The van der Waals surface area contributed by atoms with Gasteiger partial charge < -0.3 is 4.74 Å². The van der Waals surface area contributed by atoms with E-state index in [1.54, 1.807) is 16.8 Å². The summed E-state index contributed by atoms with van der Waals surface area (Å²) in [5, 5.41) is 4.51. The molecule has 5 nitrogen and oxygen atoms in total. The molecule has 22 heavy (non-hydrogen) atoms. The number of nitrogens with zero attached hydrogens (tertiary/aromatic N) is 2. The van der Waals surface area contributed by atoms with Crippen molar-refractivity contribution in [3.8, 4) is 5.75 Å². The third-order valence-corrected chi connectivity index (χ3v) is 3.47. The van der Waals surface area contributed by atoms with E-state index in [0.29, 0.717) is 22.6 Å². The molecule has 5 heteroatoms. The van der Waals surface area contributed by atoms with Crippen molar-refractivity contribution in [2.45, 2.75) is 13.8 Å². The first kappa shape index (κ1) is 14.1. The molecule has 0 aliphatic carbocycles. The second kappa shape index (κ2) is 5.52. The van der Waals surface area contributed by atoms with Crippen molar-refractivity contribution in [3.63, 3.8) is 0 Å². The fraction of sp³-hybridized carbons (Fsp3) is 0.176. The van der Waals surface area contributed by atoms with Gasteiger partial charge in [-0.3, -0.25) is 9.59 Å². The van der Waals surface area contributed by atoms with Crippen molar-refractivity contribution in [3.05, 3.63) is 53.6 Å². The van der Waals surface area contributed by atoms with Crippen molar-refractivity contribution < 1.29 is 19.0 Å². The Kier molecular flexibility index (Phi) is 3.55. The molecule has 0 spiro atoms. The van der Waals surface area contributed by atoms with E-state index < -0.39 is 0 Å². The molecule has 0 bridgehead atoms. The molecule has 1 heterocycles. The number of Topliss-reactive ketones (excluding diaryl/α,β-unsaturated/α-hetero) is 2. The van der Waals surface area contributed by atoms with Gasteiger partial charge >= 0.3 is 6.73 Å². The molecule has 0 atom stereocenters. The Labute approximate surface area is 127 Å². The number of ether oxygens (including phenoxy) is 1. The topological polar surface area (TPSA) is 58.7 Å². The molecule has 0 N–H and O–H groups in total. The third-order valence-electron chi connectivity index (χ3n) is 3.47. The molecule has 1 aliphatic rings. The minimum absolute atomic E-state index is 0.114. The summed E-state index contributed by atoms with van der Waals surface area (Å²) in [5.41, 5.74) is 2.21. The molecule has 3 rings (SSSR count). The van der Waals surface area contributed by atoms with Gasteiger partial charge in [0.1, 0.15) is 0 Å². The zero-order valence-electron chi connectivity index (χ0n) is 12.4. The molecule has 0 unspecified atom stereocenters. The molecular formula is C17H15N2O3+. The number of carbonyl (C=O) groups is 2. The van der Waals surface area contributed by atoms with Crippen LogP contribution in [0.15, 0.2) is 47.6 Å². The van der Waals surface area contributed by atoms with Gasteiger partial charge in [-0.1, -0.05) is 18.2 Å². The first-order chi connectivity index (χ1) is 10.6. The number of rotatable bonds is 3. The van der Waals surface area contributed by atoms with Gasteiger partial charge in [-0.05, 0) is 30.7 Å². The van der Waals surface area contributed by atoms with Crippen LogP contribution in [-0.2, 0) is 0 Å². The second-order valence-electron chi connectivity index (χ2n) is 5.09. The average Bonchev–Trinajstić information content (AvgIpc) is 2.53. The highest BCUT2D eigenvalue weighted by atomic mass is 16.5. The number of azo groups is 2. The van der Waals surface area contributed by atoms with E-state index in [9.17, 15) is 9.59 Å². The zero-order valence-corrected chi connectivity index (χ0v) is 12.4. The number of benzene rings is 2. The standard InChI is InChI=1S/C17H15N2O3/c1-11(20)13-8-15(12(2)21)17-16(9-13)18-19(10-22-17)14-6-4-3-5-7-14/h3-9H,10H2,1-2H3/q+1. The first-order valence-corrected chi connectivity index (χ1v) is 6.93. The van der Waals surface area contributed by atoms with Crippen LogP contribution in [0.2, 0.25) is 0 Å². The summed E-state index contributed by atoms with van der Waals surface area (Å²) in [7, 11) is 0. The molecule has 0 aromatic heterocycles. The summed E-state index contributed by atoms with van der Waals surface area (Å²) >= 11 is 0. The fourth-order valence-electron chi connectivity index (χ4n) is 2.32. The lowest BCUT2D eigenvalue weighted by molar-refractivity contribution is -0.544. The summed E-state index contributed by atoms with van der Waals surface area (Å²) in [6, 6.07) is 12.8. The van der Waals surface area contributed by atoms with E-state index in [1.807, 2.05) is 30.3 Å². The summed E-state index contributed by atoms with van der Waals surface area (Å²) in [4.78, 5) is 23.4. The first-order valence-electron chi connectivity index (χ1n) is 6.93. The van der Waals surface area contributed by atoms with Crippen LogP contribution in [0.1, 0.15) is 34.6 Å². The highest BCUT2D eigenvalue weighted by Crippen LogP contribution is 2.37. The minimum atomic E-state index is -0.150. The quantitative estimate of drug-likeness (QED) is 0.638. The van der Waals surface area contributed by atoms with Crippen LogP contribution >= 0.6 is 0 Å². The van der Waals surface area contributed by atoms with Gasteiger partial charge in [0.25, 0.3) is 0 Å². The largest absolute Gasteiger partial charge is 0.431 e. The minimum Gasteiger partial charge on any atom is -0.431 e. The van der Waals surface area contributed by atoms with Crippen LogP contribution in [-0.4, -0.2) is 23.0 Å². The third kappa shape index (κ3) is 2.53. The summed E-state index contributed by atoms with van der Waals surface area (Å²) in [6.07, 6.45) is 0. The van der Waals surface area contributed by atoms with E-state index >= 15 is 0 Å². The van der Waals surface area contributed by atoms with Crippen LogP contribution in [0.4, 0.5) is 11.4 Å². The number of para-hydroxylation sites is 1. The Morgan fingerprint density at radius 2 is 1.82 bits per heavy atom. The molecule has 0 fully saturated rings. The molecule has 2 aromatic carbocycles. The van der Waals surface area contributed by atoms with Gasteiger partial charge in [0, 0.05) is 22.8 Å². The van der Waals surface area contributed by atoms with Crippen molar-refractivity contribution in [2.24, 2.45) is 5.11 Å². The SMILES string of the molecule is CC(=O)c1cc2c(c(C(C)=O)c1)OC[N+](c1ccccc1)=N2. The number of hydrogen-bond acceptors (Lipinski definition) is 4. The van der Waals surface area contributed by atoms with Crippen LogP contribution in [0.3, 0.4) is 0 Å². The van der Waals surface area contributed by atoms with Crippen molar-refractivity contribution in [2.75, 3.05) is 6.73 Å². The number of ketones is 2. The maximum atomic E-state index is 11.8. The number of fused-ring (bicyclic) bond motifs is 1. The number of carbonyl (C=O) groups excluding carboxylic acids is 2. The molecule has 1 aliphatic heterocycles. The highest BCUT2D eigenvalue weighted by Gasteiger charge is 2.26. The van der Waals surface area contributed by atoms with Crippen LogP contribution in [0, 0.1) is 0 Å². The molecule has 0 saturated carbocycles. The average molecular weight is 295 g/mol. The van der Waals surface area contributed by atoms with Crippen molar-refractivity contribution in [1.82, 2.24) is 0 Å². The molecule has 2 aromatic rings. The summed E-state index contributed by atoms with van der Waals surface area (Å²) in [5.74, 6) is 0.171. The van der Waals surface area contributed by atoms with E-state index in [-0.39, 0.29) is 18.3 Å². The predicted octanol–water partition coefficient (Wildman–Crippen LogP) is 3.87. The van der Waals surface area contributed by atoms with Crippen LogP contribution in [0.5, 0.6) is 5.75 Å². The van der Waals surface area contributed by atoms with Gasteiger partial charge in [-0.2, -0.15) is 0 Å². The Balaban J connectivity index is 2.16. The van der Waals surface area contributed by atoms with Crippen molar-refractivity contribution in [1.29, 1.82) is 0 Å².